The van der Waals surface area contributed by atoms with Crippen LogP contribution in [0, 0.1) is 0 Å². The van der Waals surface area contributed by atoms with E-state index in [1.165, 1.54) is 0 Å². The van der Waals surface area contributed by atoms with E-state index in [-0.39, 0.29) is 0 Å². The van der Waals surface area contributed by atoms with E-state index >= 15 is 0 Å². The van der Waals surface area contributed by atoms with E-state index < -0.39 is 8.53 Å². The van der Waals surface area contributed by atoms with E-state index in [1.807, 2.05) is 7.05 Å². The van der Waals surface area contributed by atoms with Crippen LogP contribution in [-0.2, 0) is 4.52 Å². The van der Waals surface area contributed by atoms with Crippen molar-refractivity contribution in [2.45, 2.75) is 12.8 Å². The minimum atomic E-state index is -1.64. The van der Waals surface area contributed by atoms with Crippen LogP contribution in [0.1, 0.15) is 12.8 Å². The van der Waals surface area contributed by atoms with Crippen LogP contribution in [0.2, 0.25) is 0 Å². The van der Waals surface area contributed by atoms with E-state index in [4.69, 9.17) is 14.9 Å². The highest BCUT2D eigenvalue weighted by Gasteiger charge is 1.94. The normalized spacial score (nSPS) is 13.5. The Balaban J connectivity index is 2.77. The molecule has 0 heterocycles. The molecule has 0 aromatic carbocycles. The number of nitrogens with one attached hydrogen (secondary N) is 1. The predicted molar refractivity (Wildman–Crippen MR) is 42.4 cm³/mol. The smallest absolute Gasteiger partial charge is 0.250 e. The van der Waals surface area contributed by atoms with Crippen molar-refractivity contribution in [1.29, 1.82) is 0 Å². The van der Waals surface area contributed by atoms with Crippen molar-refractivity contribution < 1.29 is 9.42 Å². The van der Waals surface area contributed by atoms with Crippen LogP contribution in [0.15, 0.2) is 0 Å². The first-order chi connectivity index (χ1) is 4.77. The third-order valence-corrected chi connectivity index (χ3v) is 1.49. The molecule has 0 aliphatic rings. The zero-order valence-corrected chi connectivity index (χ0v) is 7.10. The fourth-order valence-electron chi connectivity index (χ4n) is 0.562. The highest BCUT2D eigenvalue weighted by atomic mass is 31.2. The Hall–Kier alpha value is 0.270. The van der Waals surface area contributed by atoms with Gasteiger partial charge < -0.3 is 14.7 Å². The molecular weight excluding hydrogens is 151 g/mol. The van der Waals surface area contributed by atoms with Crippen LogP contribution in [-0.4, -0.2) is 25.1 Å². The SMILES string of the molecule is CNCCCCOP(N)O. The standard InChI is InChI=1S/C5H15N2O2P/c1-7-4-2-3-5-9-10(6)8/h7-8H,2-6H2,1H3. The van der Waals surface area contributed by atoms with E-state index in [1.54, 1.807) is 0 Å². The van der Waals surface area contributed by atoms with Crippen LogP contribution < -0.4 is 10.8 Å². The summed E-state index contributed by atoms with van der Waals surface area (Å²) in [6, 6.07) is 0. The van der Waals surface area contributed by atoms with E-state index in [9.17, 15) is 0 Å². The maximum absolute atomic E-state index is 8.51. The first-order valence-electron chi connectivity index (χ1n) is 3.28. The third kappa shape index (κ3) is 8.27. The Labute approximate surface area is 62.7 Å². The summed E-state index contributed by atoms with van der Waals surface area (Å²) in [4.78, 5) is 8.51. The molecule has 0 radical (unpaired) electrons. The van der Waals surface area contributed by atoms with Gasteiger partial charge in [0.05, 0.1) is 6.61 Å². The molecule has 1 unspecified atom stereocenters. The second-order valence-corrected chi connectivity index (χ2v) is 2.81. The molecule has 0 aliphatic carbocycles. The Kier molecular flexibility index (Phi) is 7.58. The highest BCUT2D eigenvalue weighted by molar-refractivity contribution is 7.43. The van der Waals surface area contributed by atoms with Crippen molar-refractivity contribution in [3.05, 3.63) is 0 Å². The van der Waals surface area contributed by atoms with Crippen molar-refractivity contribution in [3.63, 3.8) is 0 Å². The summed E-state index contributed by atoms with van der Waals surface area (Å²) in [5, 5.41) is 3.01. The monoisotopic (exact) mass is 166 g/mol. The largest absolute Gasteiger partial charge is 0.338 e. The van der Waals surface area contributed by atoms with Crippen LogP contribution in [0.3, 0.4) is 0 Å². The van der Waals surface area contributed by atoms with Gasteiger partial charge in [-0.3, -0.25) is 5.50 Å². The predicted octanol–water partition coefficient (Wildman–Crippen LogP) is 0.180. The molecule has 0 rings (SSSR count). The van der Waals surface area contributed by atoms with Crippen LogP contribution in [0.4, 0.5) is 0 Å². The van der Waals surface area contributed by atoms with Gasteiger partial charge in [0.1, 0.15) is 0 Å². The summed E-state index contributed by atoms with van der Waals surface area (Å²) in [6.45, 7) is 1.54. The number of hydrogen-bond donors (Lipinski definition) is 3. The zero-order chi connectivity index (χ0) is 7.82. The second kappa shape index (κ2) is 7.38. The van der Waals surface area contributed by atoms with E-state index in [2.05, 4.69) is 5.32 Å². The maximum Gasteiger partial charge on any atom is 0.250 e. The van der Waals surface area contributed by atoms with Gasteiger partial charge >= 0.3 is 0 Å². The van der Waals surface area contributed by atoms with Gasteiger partial charge in [0, 0.05) is 0 Å². The van der Waals surface area contributed by atoms with Gasteiger partial charge in [-0.15, -0.1) is 0 Å². The minimum Gasteiger partial charge on any atom is -0.338 e. The lowest BCUT2D eigenvalue weighted by molar-refractivity contribution is 0.300. The van der Waals surface area contributed by atoms with Crippen molar-refractivity contribution >= 4 is 8.53 Å². The second-order valence-electron chi connectivity index (χ2n) is 1.95. The average molecular weight is 166 g/mol. The summed E-state index contributed by atoms with van der Waals surface area (Å²) in [6.07, 6.45) is 2.00. The Morgan fingerprint density at radius 2 is 2.30 bits per heavy atom. The molecule has 0 saturated carbocycles. The summed E-state index contributed by atoms with van der Waals surface area (Å²) in [5.41, 5.74) is 4.99. The molecule has 0 aromatic heterocycles. The van der Waals surface area contributed by atoms with Crippen molar-refractivity contribution in [3.8, 4) is 0 Å². The Morgan fingerprint density at radius 3 is 2.80 bits per heavy atom. The lowest BCUT2D eigenvalue weighted by Crippen LogP contribution is -2.08. The zero-order valence-electron chi connectivity index (χ0n) is 6.21. The van der Waals surface area contributed by atoms with E-state index in [0.29, 0.717) is 6.61 Å². The molecule has 4 nitrogen and oxygen atoms in total. The van der Waals surface area contributed by atoms with Gasteiger partial charge in [0.2, 0.25) is 8.53 Å². The molecule has 0 saturated heterocycles. The van der Waals surface area contributed by atoms with Crippen LogP contribution >= 0.6 is 8.53 Å². The minimum absolute atomic E-state index is 0.556. The van der Waals surface area contributed by atoms with Gasteiger partial charge in [-0.1, -0.05) is 0 Å². The molecule has 5 heteroatoms. The molecule has 62 valence electrons. The fourth-order valence-corrected chi connectivity index (χ4v) is 0.878. The van der Waals surface area contributed by atoms with Gasteiger partial charge in [-0.25, -0.2) is 0 Å². The Morgan fingerprint density at radius 1 is 1.60 bits per heavy atom. The van der Waals surface area contributed by atoms with Crippen LogP contribution in [0.5, 0.6) is 0 Å². The fraction of sp³-hybridized carbons (Fsp3) is 1.00. The molecule has 0 bridgehead atoms. The van der Waals surface area contributed by atoms with Gasteiger partial charge in [0.25, 0.3) is 0 Å². The molecule has 0 aliphatic heterocycles. The van der Waals surface area contributed by atoms with Crippen molar-refractivity contribution in [2.75, 3.05) is 20.2 Å². The first kappa shape index (κ1) is 10.3. The van der Waals surface area contributed by atoms with E-state index in [0.717, 1.165) is 19.4 Å². The summed E-state index contributed by atoms with van der Waals surface area (Å²) >= 11 is 0. The van der Waals surface area contributed by atoms with Crippen LogP contribution in [0.25, 0.3) is 0 Å². The number of hydrogen-bond acceptors (Lipinski definition) is 4. The molecule has 10 heavy (non-hydrogen) atoms. The summed E-state index contributed by atoms with van der Waals surface area (Å²) in [7, 11) is 0.264. The lowest BCUT2D eigenvalue weighted by Gasteiger charge is -2.03. The average Bonchev–Trinajstić information content (AvgIpc) is 1.87. The van der Waals surface area contributed by atoms with Gasteiger partial charge in [-0.2, -0.15) is 0 Å². The molecule has 0 amide bonds. The number of rotatable bonds is 6. The van der Waals surface area contributed by atoms with Crippen molar-refractivity contribution in [1.82, 2.24) is 5.32 Å². The molecule has 0 fully saturated rings. The molecular formula is C5H15N2O2P. The maximum atomic E-state index is 8.51. The highest BCUT2D eigenvalue weighted by Crippen LogP contribution is 2.19. The summed E-state index contributed by atoms with van der Waals surface area (Å²) < 4.78 is 4.76. The number of unbranched alkanes of at least 4 members (excludes halogenated alkanes) is 1. The molecule has 0 spiro atoms. The quantitative estimate of drug-likeness (QED) is 0.389. The molecule has 0 aromatic rings. The first-order valence-corrected chi connectivity index (χ1v) is 4.56. The number of nitrogens with two attached hydrogens (primary N) is 1. The third-order valence-electron chi connectivity index (χ3n) is 1.04. The Bertz CT molecular complexity index is 72.7. The molecule has 4 N–H and O–H groups in total. The summed E-state index contributed by atoms with van der Waals surface area (Å²) in [5.74, 6) is 0. The molecule has 1 atom stereocenters. The lowest BCUT2D eigenvalue weighted by atomic mass is 10.3. The van der Waals surface area contributed by atoms with Crippen molar-refractivity contribution in [2.24, 2.45) is 5.50 Å². The topological polar surface area (TPSA) is 67.5 Å². The van der Waals surface area contributed by atoms with Gasteiger partial charge in [0.15, 0.2) is 0 Å². The van der Waals surface area contributed by atoms with Gasteiger partial charge in [-0.05, 0) is 26.4 Å².